The van der Waals surface area contributed by atoms with Crippen LogP contribution in [0.5, 0.6) is 5.75 Å². The maximum absolute atomic E-state index is 12.3. The lowest BCUT2D eigenvalue weighted by Gasteiger charge is -2.21. The predicted octanol–water partition coefficient (Wildman–Crippen LogP) is 2.84. The zero-order valence-electron chi connectivity index (χ0n) is 11.4. The summed E-state index contributed by atoms with van der Waals surface area (Å²) in [6, 6.07) is 3.04. The number of carbonyl (C=O) groups is 1. The zero-order chi connectivity index (χ0) is 14.9. The lowest BCUT2D eigenvalue weighted by molar-refractivity contribution is 0.0645. The number of hydrogen-bond acceptors (Lipinski definition) is 3. The van der Waals surface area contributed by atoms with Crippen LogP contribution < -0.4 is 4.74 Å². The van der Waals surface area contributed by atoms with Crippen LogP contribution in [0.2, 0.25) is 10.0 Å². The Balaban J connectivity index is 2.11. The van der Waals surface area contributed by atoms with Crippen molar-refractivity contribution in [1.82, 2.24) is 4.90 Å². The van der Waals surface area contributed by atoms with E-state index in [9.17, 15) is 9.90 Å². The molecule has 0 aliphatic heterocycles. The van der Waals surface area contributed by atoms with Crippen molar-refractivity contribution in [3.8, 4) is 5.75 Å². The molecule has 1 unspecified atom stereocenters. The van der Waals surface area contributed by atoms with Gasteiger partial charge in [-0.15, -0.1) is 0 Å². The summed E-state index contributed by atoms with van der Waals surface area (Å²) in [5, 5.41) is 10.5. The van der Waals surface area contributed by atoms with Crippen LogP contribution in [-0.2, 0) is 0 Å². The van der Waals surface area contributed by atoms with Gasteiger partial charge >= 0.3 is 0 Å². The molecule has 110 valence electrons. The molecule has 0 aromatic heterocycles. The van der Waals surface area contributed by atoms with Gasteiger partial charge in [0.05, 0.1) is 23.3 Å². The molecule has 1 aliphatic rings. The Morgan fingerprint density at radius 2 is 2.00 bits per heavy atom. The predicted molar refractivity (Wildman–Crippen MR) is 78.7 cm³/mol. The smallest absolute Gasteiger partial charge is 0.253 e. The number of aliphatic hydroxyl groups excluding tert-OH is 1. The lowest BCUT2D eigenvalue weighted by atomic mass is 10.1. The van der Waals surface area contributed by atoms with Gasteiger partial charge in [-0.1, -0.05) is 23.2 Å². The van der Waals surface area contributed by atoms with Gasteiger partial charge in [0.1, 0.15) is 0 Å². The highest BCUT2D eigenvalue weighted by Gasteiger charge is 2.31. The van der Waals surface area contributed by atoms with Gasteiger partial charge in [0.2, 0.25) is 0 Å². The topological polar surface area (TPSA) is 49.8 Å². The number of aliphatic hydroxyl groups is 1. The van der Waals surface area contributed by atoms with Crippen LogP contribution in [0.3, 0.4) is 0 Å². The minimum Gasteiger partial charge on any atom is -0.494 e. The third-order valence-electron chi connectivity index (χ3n) is 3.42. The Kier molecular flexibility index (Phi) is 4.78. The molecule has 0 heterocycles. The molecule has 0 spiro atoms. The molecule has 0 radical (unpaired) electrons. The Morgan fingerprint density at radius 1 is 1.45 bits per heavy atom. The van der Waals surface area contributed by atoms with Crippen LogP contribution in [-0.4, -0.2) is 42.7 Å². The Labute approximate surface area is 128 Å². The number of rotatable bonds is 5. The number of methoxy groups -OCH3 is 1. The van der Waals surface area contributed by atoms with Gasteiger partial charge < -0.3 is 14.7 Å². The Morgan fingerprint density at radius 3 is 2.45 bits per heavy atom. The van der Waals surface area contributed by atoms with E-state index >= 15 is 0 Å². The molecule has 1 atom stereocenters. The quantitative estimate of drug-likeness (QED) is 0.908. The van der Waals surface area contributed by atoms with E-state index in [0.29, 0.717) is 33.8 Å². The van der Waals surface area contributed by atoms with Gasteiger partial charge in [-0.25, -0.2) is 0 Å². The van der Waals surface area contributed by atoms with Gasteiger partial charge in [-0.2, -0.15) is 0 Å². The molecule has 0 bridgehead atoms. The molecule has 1 aliphatic carbocycles. The fraction of sp³-hybridized carbons (Fsp3) is 0.500. The van der Waals surface area contributed by atoms with Crippen LogP contribution in [0.4, 0.5) is 0 Å². The number of amides is 1. The first-order chi connectivity index (χ1) is 9.43. The van der Waals surface area contributed by atoms with Crippen LogP contribution in [0.1, 0.15) is 23.2 Å². The molecule has 1 amide bonds. The second-order valence-electron chi connectivity index (χ2n) is 5.06. The lowest BCUT2D eigenvalue weighted by Crippen LogP contribution is -2.35. The molecule has 1 N–H and O–H groups in total. The van der Waals surface area contributed by atoms with Crippen molar-refractivity contribution in [2.75, 3.05) is 20.7 Å². The van der Waals surface area contributed by atoms with Gasteiger partial charge in [0.25, 0.3) is 5.91 Å². The zero-order valence-corrected chi connectivity index (χ0v) is 12.9. The fourth-order valence-corrected chi connectivity index (χ4v) is 2.73. The van der Waals surface area contributed by atoms with Gasteiger partial charge in [0, 0.05) is 19.2 Å². The Hall–Kier alpha value is -0.970. The Bertz CT molecular complexity index is 494. The van der Waals surface area contributed by atoms with Gasteiger partial charge in [-0.05, 0) is 30.9 Å². The normalized spacial score (nSPS) is 15.8. The molecular weight excluding hydrogens is 301 g/mol. The number of benzene rings is 1. The molecule has 1 aromatic rings. The summed E-state index contributed by atoms with van der Waals surface area (Å²) in [4.78, 5) is 13.8. The molecule has 2 rings (SSSR count). The highest BCUT2D eigenvalue weighted by atomic mass is 35.5. The van der Waals surface area contributed by atoms with Crippen LogP contribution in [0.25, 0.3) is 0 Å². The summed E-state index contributed by atoms with van der Waals surface area (Å²) in [5.41, 5.74) is 0.381. The van der Waals surface area contributed by atoms with Crippen molar-refractivity contribution in [2.45, 2.75) is 18.9 Å². The summed E-state index contributed by atoms with van der Waals surface area (Å²) in [6.45, 7) is 0.310. The van der Waals surface area contributed by atoms with Crippen molar-refractivity contribution >= 4 is 29.1 Å². The fourth-order valence-electron chi connectivity index (χ4n) is 2.09. The summed E-state index contributed by atoms with van der Waals surface area (Å²) in [7, 11) is 3.12. The van der Waals surface area contributed by atoms with E-state index in [1.54, 1.807) is 7.05 Å². The number of nitrogens with zero attached hydrogens (tertiary/aromatic N) is 1. The van der Waals surface area contributed by atoms with E-state index in [-0.39, 0.29) is 5.91 Å². The second kappa shape index (κ2) is 6.20. The first-order valence-electron chi connectivity index (χ1n) is 6.40. The highest BCUT2D eigenvalue weighted by Crippen LogP contribution is 2.35. The van der Waals surface area contributed by atoms with Crippen molar-refractivity contribution < 1.29 is 14.6 Å². The average molecular weight is 318 g/mol. The van der Waals surface area contributed by atoms with E-state index in [4.69, 9.17) is 27.9 Å². The molecule has 1 fully saturated rings. The van der Waals surface area contributed by atoms with Crippen LogP contribution in [0, 0.1) is 5.92 Å². The summed E-state index contributed by atoms with van der Waals surface area (Å²) < 4.78 is 5.05. The van der Waals surface area contributed by atoms with Crippen LogP contribution in [0.15, 0.2) is 12.1 Å². The van der Waals surface area contributed by atoms with E-state index in [1.165, 1.54) is 24.1 Å². The maximum atomic E-state index is 12.3. The third kappa shape index (κ3) is 3.37. The standard InChI is InChI=1S/C14H17Cl2NO3/c1-17(7-12(18)8-3-4-8)14(19)9-5-10(15)13(20-2)11(16)6-9/h5-6,8,12,18H,3-4,7H2,1-2H3. The van der Waals surface area contributed by atoms with Crippen molar-refractivity contribution in [2.24, 2.45) is 5.92 Å². The SMILES string of the molecule is COc1c(Cl)cc(C(=O)N(C)CC(O)C2CC2)cc1Cl. The van der Waals surface area contributed by atoms with Crippen molar-refractivity contribution in [1.29, 1.82) is 0 Å². The van der Waals surface area contributed by atoms with Crippen molar-refractivity contribution in [3.63, 3.8) is 0 Å². The number of ether oxygens (including phenoxy) is 1. The molecule has 0 saturated heterocycles. The number of halogens is 2. The third-order valence-corrected chi connectivity index (χ3v) is 3.98. The van der Waals surface area contributed by atoms with Gasteiger partial charge in [0.15, 0.2) is 5.75 Å². The highest BCUT2D eigenvalue weighted by molar-refractivity contribution is 6.37. The first-order valence-corrected chi connectivity index (χ1v) is 7.16. The maximum Gasteiger partial charge on any atom is 0.253 e. The van der Waals surface area contributed by atoms with Gasteiger partial charge in [-0.3, -0.25) is 4.79 Å². The molecule has 1 aromatic carbocycles. The molecule has 20 heavy (non-hydrogen) atoms. The molecule has 4 nitrogen and oxygen atoms in total. The molecule has 6 heteroatoms. The van der Waals surface area contributed by atoms with E-state index in [1.807, 2.05) is 0 Å². The van der Waals surface area contributed by atoms with Crippen LogP contribution >= 0.6 is 23.2 Å². The number of likely N-dealkylation sites (N-methyl/N-ethyl adjacent to an activating group) is 1. The van der Waals surface area contributed by atoms with Crippen molar-refractivity contribution in [3.05, 3.63) is 27.7 Å². The summed E-state index contributed by atoms with van der Waals surface area (Å²) >= 11 is 12.0. The molecular formula is C14H17Cl2NO3. The first kappa shape index (κ1) is 15.4. The second-order valence-corrected chi connectivity index (χ2v) is 5.88. The van der Waals surface area contributed by atoms with E-state index in [2.05, 4.69) is 0 Å². The monoisotopic (exact) mass is 317 g/mol. The minimum atomic E-state index is -0.465. The average Bonchev–Trinajstić information content (AvgIpc) is 3.21. The number of hydrogen-bond donors (Lipinski definition) is 1. The van der Waals surface area contributed by atoms with E-state index < -0.39 is 6.10 Å². The van der Waals surface area contributed by atoms with E-state index in [0.717, 1.165) is 12.8 Å². The molecule has 1 saturated carbocycles. The largest absolute Gasteiger partial charge is 0.494 e. The summed E-state index contributed by atoms with van der Waals surface area (Å²) in [5.74, 6) is 0.454. The number of carbonyl (C=O) groups excluding carboxylic acids is 1. The minimum absolute atomic E-state index is 0.226. The summed E-state index contributed by atoms with van der Waals surface area (Å²) in [6.07, 6.45) is 1.60.